The van der Waals surface area contributed by atoms with Crippen LogP contribution in [0.5, 0.6) is 0 Å². The van der Waals surface area contributed by atoms with Gasteiger partial charge in [-0.25, -0.2) is 4.39 Å². The fourth-order valence-corrected chi connectivity index (χ4v) is 2.61. The molecule has 20 heavy (non-hydrogen) atoms. The number of carbonyl (C=O) groups excluding carboxylic acids is 2. The van der Waals surface area contributed by atoms with Crippen LogP contribution < -0.4 is 0 Å². The molecule has 0 saturated heterocycles. The molecular weight excluding hydrogens is 279 g/mol. The molecule has 1 rings (SSSR count). The summed E-state index contributed by atoms with van der Waals surface area (Å²) in [6, 6.07) is 5.54. The van der Waals surface area contributed by atoms with Crippen LogP contribution in [-0.4, -0.2) is 29.4 Å². The number of benzene rings is 1. The second-order valence-corrected chi connectivity index (χ2v) is 5.92. The van der Waals surface area contributed by atoms with Gasteiger partial charge in [0.2, 0.25) is 0 Å². The highest BCUT2D eigenvalue weighted by atomic mass is 32.2. The van der Waals surface area contributed by atoms with Gasteiger partial charge in [-0.15, -0.1) is 0 Å². The highest BCUT2D eigenvalue weighted by molar-refractivity contribution is 7.99. The van der Waals surface area contributed by atoms with Gasteiger partial charge in [0.15, 0.2) is 5.78 Å². The van der Waals surface area contributed by atoms with E-state index in [1.165, 1.54) is 24.3 Å². The molecule has 0 heterocycles. The first kappa shape index (κ1) is 16.7. The van der Waals surface area contributed by atoms with Crippen molar-refractivity contribution in [1.29, 1.82) is 0 Å². The Morgan fingerprint density at radius 2 is 1.95 bits per heavy atom. The van der Waals surface area contributed by atoms with Crippen molar-refractivity contribution in [2.45, 2.75) is 31.9 Å². The van der Waals surface area contributed by atoms with E-state index in [4.69, 9.17) is 4.74 Å². The smallest absolute Gasteiger partial charge is 0.306 e. The molecule has 0 amide bonds. The minimum absolute atomic E-state index is 0.0131. The molecule has 0 aliphatic heterocycles. The van der Waals surface area contributed by atoms with E-state index in [0.717, 1.165) is 0 Å². The van der Waals surface area contributed by atoms with E-state index < -0.39 is 0 Å². The Labute approximate surface area is 122 Å². The van der Waals surface area contributed by atoms with Crippen LogP contribution in [0.4, 0.5) is 4.39 Å². The Balaban J connectivity index is 2.28. The summed E-state index contributed by atoms with van der Waals surface area (Å²) in [5.74, 6) is 0.0636. The molecule has 0 aliphatic rings. The van der Waals surface area contributed by atoms with Gasteiger partial charge in [-0.05, 0) is 31.2 Å². The predicted octanol–water partition coefficient (Wildman–Crippen LogP) is 3.47. The zero-order valence-electron chi connectivity index (χ0n) is 11.7. The lowest BCUT2D eigenvalue weighted by Gasteiger charge is -2.10. The van der Waals surface area contributed by atoms with Gasteiger partial charge in [0.05, 0.1) is 13.0 Å². The predicted molar refractivity (Wildman–Crippen MR) is 78.5 cm³/mol. The number of thioether (sulfide) groups is 1. The number of ether oxygens (including phenoxy) is 1. The van der Waals surface area contributed by atoms with Crippen molar-refractivity contribution in [2.24, 2.45) is 0 Å². The van der Waals surface area contributed by atoms with E-state index in [2.05, 4.69) is 0 Å². The fourth-order valence-electron chi connectivity index (χ4n) is 1.65. The summed E-state index contributed by atoms with van der Waals surface area (Å²) in [5.41, 5.74) is 0.519. The Morgan fingerprint density at radius 1 is 1.30 bits per heavy atom. The first-order valence-corrected chi connectivity index (χ1v) is 7.63. The summed E-state index contributed by atoms with van der Waals surface area (Å²) >= 11 is 1.56. The minimum atomic E-state index is -0.348. The van der Waals surface area contributed by atoms with Crippen LogP contribution in [0.3, 0.4) is 0 Å². The molecule has 0 aliphatic carbocycles. The molecule has 0 spiro atoms. The molecule has 110 valence electrons. The number of hydrogen-bond acceptors (Lipinski definition) is 4. The second-order valence-electron chi connectivity index (χ2n) is 4.37. The number of halogens is 1. The summed E-state index contributed by atoms with van der Waals surface area (Å²) in [4.78, 5) is 23.1. The van der Waals surface area contributed by atoms with Crippen LogP contribution >= 0.6 is 11.8 Å². The van der Waals surface area contributed by atoms with Crippen molar-refractivity contribution in [3.8, 4) is 0 Å². The maximum absolute atomic E-state index is 12.7. The van der Waals surface area contributed by atoms with Crippen molar-refractivity contribution < 1.29 is 18.7 Å². The summed E-state index contributed by atoms with van der Waals surface area (Å²) in [6.07, 6.45) is 0.729. The molecular formula is C15H19FO3S. The SMILES string of the molecule is CCOC(=O)C[C@@H](C)SCCC(=O)c1ccc(F)cc1. The summed E-state index contributed by atoms with van der Waals surface area (Å²) < 4.78 is 17.6. The van der Waals surface area contributed by atoms with E-state index >= 15 is 0 Å². The monoisotopic (exact) mass is 298 g/mol. The average molecular weight is 298 g/mol. The summed E-state index contributed by atoms with van der Waals surface area (Å²) in [6.45, 7) is 4.10. The van der Waals surface area contributed by atoms with E-state index in [1.54, 1.807) is 18.7 Å². The van der Waals surface area contributed by atoms with E-state index in [9.17, 15) is 14.0 Å². The molecule has 3 nitrogen and oxygen atoms in total. The molecule has 0 fully saturated rings. The number of ketones is 1. The number of carbonyl (C=O) groups is 2. The van der Waals surface area contributed by atoms with E-state index in [1.807, 2.05) is 6.92 Å². The average Bonchev–Trinajstić information content (AvgIpc) is 2.39. The molecule has 1 atom stereocenters. The lowest BCUT2D eigenvalue weighted by atomic mass is 10.1. The fraction of sp³-hybridized carbons (Fsp3) is 0.467. The van der Waals surface area contributed by atoms with E-state index in [0.29, 0.717) is 30.8 Å². The molecule has 1 aromatic rings. The quantitative estimate of drug-likeness (QED) is 0.544. The Hall–Kier alpha value is -1.36. The summed E-state index contributed by atoms with van der Waals surface area (Å²) in [5, 5.41) is 0.120. The van der Waals surface area contributed by atoms with Crippen LogP contribution in [-0.2, 0) is 9.53 Å². The first-order valence-electron chi connectivity index (χ1n) is 6.59. The number of hydrogen-bond donors (Lipinski definition) is 0. The Kier molecular flexibility index (Phi) is 7.30. The lowest BCUT2D eigenvalue weighted by molar-refractivity contribution is -0.142. The zero-order chi connectivity index (χ0) is 15.0. The number of Topliss-reactive ketones (excluding diaryl/α,β-unsaturated/α-hetero) is 1. The Morgan fingerprint density at radius 3 is 2.55 bits per heavy atom. The molecule has 0 saturated carbocycles. The van der Waals surface area contributed by atoms with Gasteiger partial charge in [-0.3, -0.25) is 9.59 Å². The topological polar surface area (TPSA) is 43.4 Å². The number of esters is 1. The minimum Gasteiger partial charge on any atom is -0.466 e. The maximum atomic E-state index is 12.7. The van der Waals surface area contributed by atoms with Gasteiger partial charge in [-0.1, -0.05) is 6.92 Å². The van der Waals surface area contributed by atoms with E-state index in [-0.39, 0.29) is 22.8 Å². The molecule has 0 aromatic heterocycles. The van der Waals surface area contributed by atoms with Gasteiger partial charge >= 0.3 is 5.97 Å². The van der Waals surface area contributed by atoms with Gasteiger partial charge in [0, 0.05) is 23.0 Å². The highest BCUT2D eigenvalue weighted by Gasteiger charge is 2.12. The lowest BCUT2D eigenvalue weighted by Crippen LogP contribution is -2.11. The van der Waals surface area contributed by atoms with Crippen molar-refractivity contribution in [3.05, 3.63) is 35.6 Å². The standard InChI is InChI=1S/C15H19FO3S/c1-3-19-15(18)10-11(2)20-9-8-14(17)12-4-6-13(16)7-5-12/h4-7,11H,3,8-10H2,1-2H3/t11-/m1/s1. The van der Waals surface area contributed by atoms with Crippen LogP contribution in [0.1, 0.15) is 37.0 Å². The van der Waals surface area contributed by atoms with Crippen LogP contribution in [0, 0.1) is 5.82 Å². The third-order valence-electron chi connectivity index (χ3n) is 2.66. The zero-order valence-corrected chi connectivity index (χ0v) is 12.5. The molecule has 0 radical (unpaired) electrons. The number of rotatable bonds is 8. The normalized spacial score (nSPS) is 11.9. The Bertz CT molecular complexity index is 445. The van der Waals surface area contributed by atoms with Crippen LogP contribution in [0.2, 0.25) is 0 Å². The van der Waals surface area contributed by atoms with Gasteiger partial charge in [0.25, 0.3) is 0 Å². The van der Waals surface area contributed by atoms with Crippen molar-refractivity contribution >= 4 is 23.5 Å². The van der Waals surface area contributed by atoms with Crippen molar-refractivity contribution in [2.75, 3.05) is 12.4 Å². The van der Waals surface area contributed by atoms with Crippen molar-refractivity contribution in [1.82, 2.24) is 0 Å². The third kappa shape index (κ3) is 6.19. The van der Waals surface area contributed by atoms with Gasteiger partial charge in [0.1, 0.15) is 5.82 Å². The van der Waals surface area contributed by atoms with Crippen LogP contribution in [0.25, 0.3) is 0 Å². The third-order valence-corrected chi connectivity index (χ3v) is 3.83. The highest BCUT2D eigenvalue weighted by Crippen LogP contribution is 2.17. The molecule has 0 N–H and O–H groups in total. The molecule has 1 aromatic carbocycles. The first-order chi connectivity index (χ1) is 9.52. The molecule has 5 heteroatoms. The molecule has 0 unspecified atom stereocenters. The largest absolute Gasteiger partial charge is 0.466 e. The van der Waals surface area contributed by atoms with Gasteiger partial charge < -0.3 is 4.74 Å². The second kappa shape index (κ2) is 8.74. The molecule has 0 bridgehead atoms. The maximum Gasteiger partial charge on any atom is 0.306 e. The van der Waals surface area contributed by atoms with Crippen LogP contribution in [0.15, 0.2) is 24.3 Å². The summed E-state index contributed by atoms with van der Waals surface area (Å²) in [7, 11) is 0. The van der Waals surface area contributed by atoms with Crippen molar-refractivity contribution in [3.63, 3.8) is 0 Å². The van der Waals surface area contributed by atoms with Gasteiger partial charge in [-0.2, -0.15) is 11.8 Å².